The molecule has 1 aliphatic carbocycles. The quantitative estimate of drug-likeness (QED) is 0.674. The maximum atomic E-state index is 12.3. The Kier molecular flexibility index (Phi) is 2.65. The molecule has 0 aliphatic heterocycles. The Morgan fingerprint density at radius 3 is 2.00 bits per heavy atom. The highest BCUT2D eigenvalue weighted by molar-refractivity contribution is 5.85. The topological polar surface area (TPSA) is 26.0 Å². The Labute approximate surface area is 65.4 Å². The third-order valence-electron chi connectivity index (χ3n) is 2.07. The molecule has 0 heterocycles. The number of halogens is 3. The minimum Gasteiger partial charge on any atom is -0.330 e. The second-order valence-electron chi connectivity index (χ2n) is 2.98. The van der Waals surface area contributed by atoms with Crippen LogP contribution in [0, 0.1) is 5.41 Å². The number of nitrogens with two attached hydrogens (primary N) is 1. The zero-order valence-corrected chi connectivity index (χ0v) is 6.68. The summed E-state index contributed by atoms with van der Waals surface area (Å²) in [6.45, 7) is 1.95. The van der Waals surface area contributed by atoms with Gasteiger partial charge in [0, 0.05) is 11.8 Å². The zero-order valence-electron chi connectivity index (χ0n) is 5.86. The van der Waals surface area contributed by atoms with Gasteiger partial charge in [-0.05, 0) is 13.0 Å². The van der Waals surface area contributed by atoms with Crippen LogP contribution in [0.1, 0.15) is 19.8 Å². The Morgan fingerprint density at radius 2 is 1.90 bits per heavy atom. The molecular formula is C6H12ClF2N. The van der Waals surface area contributed by atoms with Crippen LogP contribution in [-0.4, -0.2) is 12.5 Å². The van der Waals surface area contributed by atoms with Crippen molar-refractivity contribution >= 4 is 12.4 Å². The van der Waals surface area contributed by atoms with E-state index in [1.54, 1.807) is 6.92 Å². The van der Waals surface area contributed by atoms with Gasteiger partial charge in [0.15, 0.2) is 0 Å². The van der Waals surface area contributed by atoms with Crippen LogP contribution >= 0.6 is 12.4 Å². The first-order valence-electron chi connectivity index (χ1n) is 3.10. The van der Waals surface area contributed by atoms with E-state index in [1.807, 2.05) is 0 Å². The van der Waals surface area contributed by atoms with E-state index in [2.05, 4.69) is 0 Å². The predicted molar refractivity (Wildman–Crippen MR) is 38.6 cm³/mol. The number of hydrogen-bond acceptors (Lipinski definition) is 1. The van der Waals surface area contributed by atoms with Gasteiger partial charge in [0.25, 0.3) is 5.92 Å². The molecule has 1 unspecified atom stereocenters. The Morgan fingerprint density at radius 1 is 1.50 bits per heavy atom. The van der Waals surface area contributed by atoms with Crippen molar-refractivity contribution in [3.05, 3.63) is 0 Å². The van der Waals surface area contributed by atoms with Crippen molar-refractivity contribution in [2.24, 2.45) is 11.1 Å². The molecular weight excluding hydrogens is 160 g/mol. The van der Waals surface area contributed by atoms with E-state index in [1.165, 1.54) is 0 Å². The van der Waals surface area contributed by atoms with Gasteiger partial charge in [-0.15, -0.1) is 12.4 Å². The maximum absolute atomic E-state index is 12.3. The van der Waals surface area contributed by atoms with E-state index in [9.17, 15) is 8.78 Å². The molecule has 0 spiro atoms. The van der Waals surface area contributed by atoms with Gasteiger partial charge >= 0.3 is 0 Å². The number of hydrogen-bond donors (Lipinski definition) is 1. The highest BCUT2D eigenvalue weighted by Crippen LogP contribution is 2.61. The van der Waals surface area contributed by atoms with Crippen molar-refractivity contribution in [1.82, 2.24) is 0 Å². The summed E-state index contributed by atoms with van der Waals surface area (Å²) < 4.78 is 24.6. The summed E-state index contributed by atoms with van der Waals surface area (Å²) >= 11 is 0. The van der Waals surface area contributed by atoms with Crippen LogP contribution in [0.2, 0.25) is 0 Å². The molecule has 0 aromatic heterocycles. The molecule has 1 saturated carbocycles. The minimum atomic E-state index is -2.42. The van der Waals surface area contributed by atoms with Crippen molar-refractivity contribution in [2.45, 2.75) is 25.7 Å². The summed E-state index contributed by atoms with van der Waals surface area (Å²) in [7, 11) is 0. The molecule has 0 aromatic carbocycles. The molecule has 2 N–H and O–H groups in total. The van der Waals surface area contributed by atoms with Crippen molar-refractivity contribution in [1.29, 1.82) is 0 Å². The summed E-state index contributed by atoms with van der Waals surface area (Å²) in [4.78, 5) is 0. The third-order valence-corrected chi connectivity index (χ3v) is 2.07. The first-order chi connectivity index (χ1) is 4.02. The van der Waals surface area contributed by atoms with Gasteiger partial charge in [0.05, 0.1) is 0 Å². The van der Waals surface area contributed by atoms with Gasteiger partial charge in [-0.1, -0.05) is 6.92 Å². The van der Waals surface area contributed by atoms with Crippen LogP contribution in [0.4, 0.5) is 8.78 Å². The molecule has 62 valence electrons. The second-order valence-corrected chi connectivity index (χ2v) is 2.98. The standard InChI is InChI=1S/C6H11F2N.ClH/c1-5(2-3-9)4-6(5,7)8;/h2-4,9H2,1H3;1H. The van der Waals surface area contributed by atoms with Crippen molar-refractivity contribution in [3.63, 3.8) is 0 Å². The molecule has 10 heavy (non-hydrogen) atoms. The van der Waals surface area contributed by atoms with Gasteiger partial charge in [-0.25, -0.2) is 8.78 Å². The van der Waals surface area contributed by atoms with E-state index in [0.717, 1.165) is 0 Å². The normalized spacial score (nSPS) is 34.8. The lowest BCUT2D eigenvalue weighted by Gasteiger charge is -2.05. The monoisotopic (exact) mass is 171 g/mol. The largest absolute Gasteiger partial charge is 0.330 e. The van der Waals surface area contributed by atoms with Crippen LogP contribution in [0.3, 0.4) is 0 Å². The highest BCUT2D eigenvalue weighted by Gasteiger charge is 2.66. The van der Waals surface area contributed by atoms with E-state index in [4.69, 9.17) is 5.73 Å². The Balaban J connectivity index is 0.000000810. The molecule has 1 aliphatic rings. The molecule has 4 heteroatoms. The summed E-state index contributed by atoms with van der Waals surface area (Å²) in [5.41, 5.74) is 4.38. The first-order valence-corrected chi connectivity index (χ1v) is 3.10. The summed E-state index contributed by atoms with van der Waals surface area (Å²) in [5, 5.41) is 0. The molecule has 0 bridgehead atoms. The zero-order chi connectivity index (χ0) is 7.12. The fraction of sp³-hybridized carbons (Fsp3) is 1.00. The van der Waals surface area contributed by atoms with E-state index < -0.39 is 11.3 Å². The number of rotatable bonds is 2. The molecule has 0 amide bonds. The lowest BCUT2D eigenvalue weighted by atomic mass is 10.1. The fourth-order valence-electron chi connectivity index (χ4n) is 1.04. The molecule has 1 fully saturated rings. The summed E-state index contributed by atoms with van der Waals surface area (Å²) in [6, 6.07) is 0. The van der Waals surface area contributed by atoms with Crippen LogP contribution in [0.25, 0.3) is 0 Å². The molecule has 1 nitrogen and oxygen atoms in total. The first kappa shape index (κ1) is 10.1. The van der Waals surface area contributed by atoms with Gasteiger partial charge in [0.2, 0.25) is 0 Å². The highest BCUT2D eigenvalue weighted by atomic mass is 35.5. The molecule has 1 atom stereocenters. The predicted octanol–water partition coefficient (Wildman–Crippen LogP) is 1.80. The van der Waals surface area contributed by atoms with Crippen LogP contribution in [0.5, 0.6) is 0 Å². The molecule has 1 rings (SSSR count). The lowest BCUT2D eigenvalue weighted by Crippen LogP contribution is -2.12. The summed E-state index contributed by atoms with van der Waals surface area (Å²) in [6.07, 6.45) is 0.469. The van der Waals surface area contributed by atoms with E-state index in [-0.39, 0.29) is 18.8 Å². The SMILES string of the molecule is CC1(CCN)CC1(F)F.Cl. The smallest absolute Gasteiger partial charge is 0.254 e. The average Bonchev–Trinajstić information content (AvgIpc) is 2.07. The van der Waals surface area contributed by atoms with Crippen LogP contribution in [0.15, 0.2) is 0 Å². The minimum absolute atomic E-state index is 0. The molecule has 0 radical (unpaired) electrons. The van der Waals surface area contributed by atoms with Gasteiger partial charge in [-0.3, -0.25) is 0 Å². The van der Waals surface area contributed by atoms with Gasteiger partial charge < -0.3 is 5.73 Å². The van der Waals surface area contributed by atoms with Crippen molar-refractivity contribution in [3.8, 4) is 0 Å². The second kappa shape index (κ2) is 2.62. The molecule has 0 saturated heterocycles. The Hall–Kier alpha value is 0.110. The Bertz CT molecular complexity index is 129. The van der Waals surface area contributed by atoms with Crippen molar-refractivity contribution < 1.29 is 8.78 Å². The van der Waals surface area contributed by atoms with Crippen LogP contribution in [-0.2, 0) is 0 Å². The van der Waals surface area contributed by atoms with Crippen molar-refractivity contribution in [2.75, 3.05) is 6.54 Å². The fourth-order valence-corrected chi connectivity index (χ4v) is 1.04. The third kappa shape index (κ3) is 1.40. The van der Waals surface area contributed by atoms with Gasteiger partial charge in [0.1, 0.15) is 0 Å². The average molecular weight is 172 g/mol. The molecule has 0 aromatic rings. The van der Waals surface area contributed by atoms with Gasteiger partial charge in [-0.2, -0.15) is 0 Å². The van der Waals surface area contributed by atoms with E-state index in [0.29, 0.717) is 13.0 Å². The number of alkyl halides is 2. The van der Waals surface area contributed by atoms with Crippen LogP contribution < -0.4 is 5.73 Å². The van der Waals surface area contributed by atoms with E-state index >= 15 is 0 Å². The maximum Gasteiger partial charge on any atom is 0.254 e. The summed E-state index contributed by atoms with van der Waals surface area (Å²) in [5.74, 6) is -2.42. The lowest BCUT2D eigenvalue weighted by molar-refractivity contribution is 0.0678.